The molecule has 2 saturated heterocycles. The molecule has 2 fully saturated rings. The highest BCUT2D eigenvalue weighted by Crippen LogP contribution is 2.38. The number of benzene rings is 2. The van der Waals surface area contributed by atoms with Gasteiger partial charge in [0.25, 0.3) is 5.91 Å². The number of nitrogens with one attached hydrogen (secondary N) is 1. The number of hydrogen-bond acceptors (Lipinski definition) is 5. The lowest BCUT2D eigenvalue weighted by atomic mass is 10.0. The van der Waals surface area contributed by atoms with Gasteiger partial charge < -0.3 is 5.32 Å². The van der Waals surface area contributed by atoms with E-state index in [2.05, 4.69) is 5.32 Å². The van der Waals surface area contributed by atoms with Crippen LogP contribution in [0.4, 0.5) is 0 Å². The van der Waals surface area contributed by atoms with E-state index in [1.165, 1.54) is 0 Å². The first-order chi connectivity index (χ1) is 15.2. The van der Waals surface area contributed by atoms with E-state index in [9.17, 15) is 21.6 Å². The molecule has 3 unspecified atom stereocenters. The average Bonchev–Trinajstić information content (AvgIpc) is 3.11. The van der Waals surface area contributed by atoms with Crippen LogP contribution in [0.2, 0.25) is 0 Å². The van der Waals surface area contributed by atoms with Gasteiger partial charge in [-0.05, 0) is 49.4 Å². The summed E-state index contributed by atoms with van der Waals surface area (Å²) in [5.41, 5.74) is 2.04. The van der Waals surface area contributed by atoms with E-state index in [0.717, 1.165) is 17.5 Å². The molecule has 1 amide bonds. The molecule has 2 aromatic carbocycles. The third-order valence-electron chi connectivity index (χ3n) is 6.36. The fourth-order valence-electron chi connectivity index (χ4n) is 4.55. The first-order valence-electron chi connectivity index (χ1n) is 10.8. The fraction of sp³-hybridized carbons (Fsp3) is 0.435. The van der Waals surface area contributed by atoms with Crippen molar-refractivity contribution in [3.63, 3.8) is 0 Å². The molecule has 0 bridgehead atoms. The second-order valence-electron chi connectivity index (χ2n) is 8.57. The zero-order valence-electron chi connectivity index (χ0n) is 18.0. The number of rotatable bonds is 5. The van der Waals surface area contributed by atoms with Gasteiger partial charge >= 0.3 is 0 Å². The summed E-state index contributed by atoms with van der Waals surface area (Å²) in [6.07, 6.45) is 1.82. The lowest BCUT2D eigenvalue weighted by Gasteiger charge is -2.36. The van der Waals surface area contributed by atoms with Crippen LogP contribution >= 0.6 is 0 Å². The summed E-state index contributed by atoms with van der Waals surface area (Å²) in [6, 6.07) is 15.5. The molecule has 0 aliphatic carbocycles. The molecule has 172 valence electrons. The number of amides is 1. The largest absolute Gasteiger partial charge is 0.348 e. The Balaban J connectivity index is 1.47. The smallest absolute Gasteiger partial charge is 0.251 e. The van der Waals surface area contributed by atoms with E-state index >= 15 is 0 Å². The minimum atomic E-state index is -3.52. The van der Waals surface area contributed by atoms with Gasteiger partial charge in [-0.15, -0.1) is 0 Å². The van der Waals surface area contributed by atoms with Crippen molar-refractivity contribution in [2.45, 2.75) is 43.5 Å². The third-order valence-corrected chi connectivity index (χ3v) is 10.5. The van der Waals surface area contributed by atoms with E-state index < -0.39 is 25.1 Å². The first kappa shape index (κ1) is 22.9. The van der Waals surface area contributed by atoms with Crippen molar-refractivity contribution >= 4 is 25.8 Å². The van der Waals surface area contributed by atoms with Gasteiger partial charge in [0.1, 0.15) is 5.25 Å². The van der Waals surface area contributed by atoms with E-state index in [1.54, 1.807) is 28.6 Å². The van der Waals surface area contributed by atoms with Crippen LogP contribution in [-0.4, -0.2) is 51.1 Å². The molecule has 2 aliphatic rings. The summed E-state index contributed by atoms with van der Waals surface area (Å²) in [4.78, 5) is 12.5. The highest BCUT2D eigenvalue weighted by molar-refractivity contribution is 7.91. The van der Waals surface area contributed by atoms with Crippen LogP contribution in [0.25, 0.3) is 0 Å². The SMILES string of the molecule is CC(c1ccc(C(=O)NC2CCS(=O)(=O)C2)cc1)N1CCCC(c2ccccc2)S1(=O)=O. The molecule has 4 rings (SSSR count). The van der Waals surface area contributed by atoms with Crippen molar-refractivity contribution in [2.24, 2.45) is 0 Å². The highest BCUT2D eigenvalue weighted by Gasteiger charge is 2.39. The molecule has 0 radical (unpaired) electrons. The van der Waals surface area contributed by atoms with Crippen LogP contribution in [-0.2, 0) is 19.9 Å². The van der Waals surface area contributed by atoms with Gasteiger partial charge in [0.2, 0.25) is 10.0 Å². The van der Waals surface area contributed by atoms with Crippen LogP contribution in [0.15, 0.2) is 54.6 Å². The molecule has 2 aromatic rings. The van der Waals surface area contributed by atoms with Gasteiger partial charge in [0.05, 0.1) is 11.5 Å². The molecule has 1 N–H and O–H groups in total. The molecule has 2 heterocycles. The number of carbonyl (C=O) groups excluding carboxylic acids is 1. The molecule has 3 atom stereocenters. The van der Waals surface area contributed by atoms with Crippen LogP contribution in [0, 0.1) is 0 Å². The third kappa shape index (κ3) is 4.74. The fourth-order valence-corrected chi connectivity index (χ4v) is 8.46. The van der Waals surface area contributed by atoms with Gasteiger partial charge in [0.15, 0.2) is 9.84 Å². The number of hydrogen-bond donors (Lipinski definition) is 1. The normalized spacial score (nSPS) is 25.8. The van der Waals surface area contributed by atoms with Crippen molar-refractivity contribution < 1.29 is 21.6 Å². The minimum absolute atomic E-state index is 0.0245. The standard InChI is InChI=1S/C23H28N2O5S2/c1-17(25-14-5-8-22(32(25,29)30)19-6-3-2-4-7-19)18-9-11-20(12-10-18)23(26)24-21-13-15-31(27,28)16-21/h2-4,6-7,9-12,17,21-22H,5,8,13-16H2,1H3,(H,24,26). The average molecular weight is 477 g/mol. The van der Waals surface area contributed by atoms with E-state index in [1.807, 2.05) is 37.3 Å². The van der Waals surface area contributed by atoms with Crippen LogP contribution < -0.4 is 5.32 Å². The number of carbonyl (C=O) groups is 1. The number of nitrogens with zero attached hydrogens (tertiary/aromatic N) is 1. The molecule has 0 spiro atoms. The molecule has 0 aromatic heterocycles. The van der Waals surface area contributed by atoms with Gasteiger partial charge in [-0.2, -0.15) is 4.31 Å². The van der Waals surface area contributed by atoms with E-state index in [4.69, 9.17) is 0 Å². The minimum Gasteiger partial charge on any atom is -0.348 e. The van der Waals surface area contributed by atoms with E-state index in [-0.39, 0.29) is 29.5 Å². The van der Waals surface area contributed by atoms with Gasteiger partial charge in [-0.3, -0.25) is 4.79 Å². The summed E-state index contributed by atoms with van der Waals surface area (Å²) in [5, 5.41) is 2.23. The van der Waals surface area contributed by atoms with Gasteiger partial charge in [0, 0.05) is 24.2 Å². The van der Waals surface area contributed by atoms with Crippen molar-refractivity contribution in [3.8, 4) is 0 Å². The summed E-state index contributed by atoms with van der Waals surface area (Å²) in [6.45, 7) is 2.33. The van der Waals surface area contributed by atoms with Crippen molar-refractivity contribution in [2.75, 3.05) is 18.1 Å². The van der Waals surface area contributed by atoms with Crippen molar-refractivity contribution in [1.29, 1.82) is 0 Å². The topological polar surface area (TPSA) is 101 Å². The Bertz CT molecular complexity index is 1180. The Morgan fingerprint density at radius 2 is 1.69 bits per heavy atom. The predicted molar refractivity (Wildman–Crippen MR) is 123 cm³/mol. The molecule has 9 heteroatoms. The second-order valence-corrected chi connectivity index (χ2v) is 12.9. The predicted octanol–water partition coefficient (Wildman–Crippen LogP) is 2.83. The highest BCUT2D eigenvalue weighted by atomic mass is 32.2. The maximum atomic E-state index is 13.4. The molecule has 7 nitrogen and oxygen atoms in total. The Hall–Kier alpha value is -2.23. The number of sulfonamides is 1. The zero-order chi connectivity index (χ0) is 22.9. The number of sulfone groups is 1. The maximum Gasteiger partial charge on any atom is 0.251 e. The van der Waals surface area contributed by atoms with Crippen molar-refractivity contribution in [3.05, 3.63) is 71.3 Å². The Morgan fingerprint density at radius 3 is 2.31 bits per heavy atom. The van der Waals surface area contributed by atoms with Crippen LogP contribution in [0.1, 0.15) is 59.0 Å². The van der Waals surface area contributed by atoms with Crippen molar-refractivity contribution in [1.82, 2.24) is 9.62 Å². The quantitative estimate of drug-likeness (QED) is 0.715. The Labute approximate surface area is 189 Å². The summed E-state index contributed by atoms with van der Waals surface area (Å²) < 4.78 is 51.5. The monoisotopic (exact) mass is 476 g/mol. The summed E-state index contributed by atoms with van der Waals surface area (Å²) in [7, 11) is -6.59. The van der Waals surface area contributed by atoms with Gasteiger partial charge in [-0.25, -0.2) is 16.8 Å². The maximum absolute atomic E-state index is 13.4. The Kier molecular flexibility index (Phi) is 6.42. The lowest BCUT2D eigenvalue weighted by Crippen LogP contribution is -2.41. The molecular formula is C23H28N2O5S2. The lowest BCUT2D eigenvalue weighted by molar-refractivity contribution is 0.0941. The van der Waals surface area contributed by atoms with Crippen LogP contribution in [0.5, 0.6) is 0 Å². The summed E-state index contributed by atoms with van der Waals surface area (Å²) >= 11 is 0. The molecule has 2 aliphatic heterocycles. The Morgan fingerprint density at radius 1 is 1.00 bits per heavy atom. The van der Waals surface area contributed by atoms with Crippen LogP contribution in [0.3, 0.4) is 0 Å². The molecular weight excluding hydrogens is 448 g/mol. The first-order valence-corrected chi connectivity index (χ1v) is 14.2. The zero-order valence-corrected chi connectivity index (χ0v) is 19.6. The summed E-state index contributed by atoms with van der Waals surface area (Å²) in [5.74, 6) is -0.243. The van der Waals surface area contributed by atoms with E-state index in [0.29, 0.717) is 24.9 Å². The molecule has 0 saturated carbocycles. The molecule has 32 heavy (non-hydrogen) atoms. The second kappa shape index (κ2) is 8.96. The van der Waals surface area contributed by atoms with Gasteiger partial charge in [-0.1, -0.05) is 42.5 Å².